The molecule has 0 atom stereocenters. The molecule has 2 aromatic heterocycles. The Labute approximate surface area is 153 Å². The molecule has 0 aliphatic heterocycles. The minimum Gasteiger partial charge on any atom is -0.454 e. The van der Waals surface area contributed by atoms with Gasteiger partial charge < -0.3 is 4.74 Å². The lowest BCUT2D eigenvalue weighted by atomic mass is 9.96. The van der Waals surface area contributed by atoms with Gasteiger partial charge in [0.2, 0.25) is 0 Å². The molecule has 3 aromatic rings. The molecule has 0 radical (unpaired) electrons. The molecular weight excluding hydrogens is 386 g/mol. The first kappa shape index (κ1) is 17.3. The van der Waals surface area contributed by atoms with Crippen molar-refractivity contribution in [2.75, 3.05) is 0 Å². The van der Waals surface area contributed by atoms with Crippen molar-refractivity contribution in [1.82, 2.24) is 25.0 Å². The van der Waals surface area contributed by atoms with Gasteiger partial charge >= 0.3 is 5.97 Å². The summed E-state index contributed by atoms with van der Waals surface area (Å²) in [5, 5.41) is 11.2. The molecule has 0 unspecified atom stereocenters. The fourth-order valence-electron chi connectivity index (χ4n) is 2.13. The van der Waals surface area contributed by atoms with Crippen molar-refractivity contribution in [3.05, 3.63) is 58.3 Å². The number of rotatable bonds is 4. The number of ether oxygens (including phenoxy) is 1. The fourth-order valence-corrected chi connectivity index (χ4v) is 2.69. The molecule has 25 heavy (non-hydrogen) atoms. The molecule has 8 heteroatoms. The Balaban J connectivity index is 1.70. The van der Waals surface area contributed by atoms with Gasteiger partial charge in [-0.3, -0.25) is 5.10 Å². The molecule has 3 rings (SSSR count). The summed E-state index contributed by atoms with van der Waals surface area (Å²) in [6.07, 6.45) is 1.47. The Hall–Kier alpha value is -2.48. The van der Waals surface area contributed by atoms with Crippen LogP contribution in [0.1, 0.15) is 42.8 Å². The van der Waals surface area contributed by atoms with E-state index in [1.165, 1.54) is 6.20 Å². The molecule has 0 aliphatic rings. The zero-order chi connectivity index (χ0) is 18.0. The van der Waals surface area contributed by atoms with Crippen molar-refractivity contribution in [1.29, 1.82) is 0 Å². The van der Waals surface area contributed by atoms with Crippen molar-refractivity contribution in [2.24, 2.45) is 0 Å². The Morgan fingerprint density at radius 3 is 2.64 bits per heavy atom. The van der Waals surface area contributed by atoms with Crippen LogP contribution >= 0.6 is 15.9 Å². The summed E-state index contributed by atoms with van der Waals surface area (Å²) < 4.78 is 7.48. The zero-order valence-electron chi connectivity index (χ0n) is 14.2. The third kappa shape index (κ3) is 3.79. The largest absolute Gasteiger partial charge is 0.454 e. The van der Waals surface area contributed by atoms with Gasteiger partial charge in [0.05, 0.1) is 11.9 Å². The number of esters is 1. The maximum atomic E-state index is 12.3. The molecule has 7 nitrogen and oxygen atoms in total. The number of carbonyl (C=O) groups is 1. The van der Waals surface area contributed by atoms with Crippen LogP contribution in [-0.2, 0) is 16.8 Å². The molecule has 1 N–H and O–H groups in total. The number of aromatic nitrogens is 5. The van der Waals surface area contributed by atoms with Crippen LogP contribution in [0.3, 0.4) is 0 Å². The first-order valence-electron chi connectivity index (χ1n) is 7.74. The van der Waals surface area contributed by atoms with Gasteiger partial charge in [-0.1, -0.05) is 39.0 Å². The molecule has 0 fully saturated rings. The normalized spacial score (nSPS) is 11.5. The van der Waals surface area contributed by atoms with E-state index in [1.54, 1.807) is 4.68 Å². The van der Waals surface area contributed by atoms with Crippen LogP contribution in [0.5, 0.6) is 0 Å². The quantitative estimate of drug-likeness (QED) is 0.674. The summed E-state index contributed by atoms with van der Waals surface area (Å²) in [5.41, 5.74) is 1.02. The number of H-pyrrole nitrogens is 1. The predicted octanol–water partition coefficient (Wildman–Crippen LogP) is 3.41. The number of hydrogen-bond donors (Lipinski definition) is 1. The average Bonchev–Trinajstić information content (AvgIpc) is 3.20. The van der Waals surface area contributed by atoms with E-state index in [4.69, 9.17) is 4.74 Å². The summed E-state index contributed by atoms with van der Waals surface area (Å²) in [4.78, 5) is 16.7. The Kier molecular flexibility index (Phi) is 4.71. The molecule has 130 valence electrons. The highest BCUT2D eigenvalue weighted by Gasteiger charge is 2.21. The number of para-hydroxylation sites is 1. The van der Waals surface area contributed by atoms with Gasteiger partial charge in [-0.2, -0.15) is 10.2 Å². The lowest BCUT2D eigenvalue weighted by Crippen LogP contribution is -2.13. The van der Waals surface area contributed by atoms with Gasteiger partial charge in [0.25, 0.3) is 0 Å². The van der Waals surface area contributed by atoms with E-state index in [-0.39, 0.29) is 12.0 Å². The molecule has 0 saturated heterocycles. The summed E-state index contributed by atoms with van der Waals surface area (Å²) in [5.74, 6) is 0.698. The van der Waals surface area contributed by atoms with Crippen LogP contribution in [0.4, 0.5) is 0 Å². The number of carbonyl (C=O) groups excluding carboxylic acids is 1. The molecular formula is C17H18BrN5O2. The lowest BCUT2D eigenvalue weighted by molar-refractivity contribution is 0.0461. The van der Waals surface area contributed by atoms with E-state index in [2.05, 4.69) is 36.2 Å². The van der Waals surface area contributed by atoms with Crippen LogP contribution in [0.25, 0.3) is 5.69 Å². The molecule has 1 aromatic carbocycles. The maximum absolute atomic E-state index is 12.3. The average molecular weight is 404 g/mol. The highest BCUT2D eigenvalue weighted by Crippen LogP contribution is 2.22. The van der Waals surface area contributed by atoms with Gasteiger partial charge in [0.1, 0.15) is 10.2 Å². The summed E-state index contributed by atoms with van der Waals surface area (Å²) in [6.45, 7) is 6.06. The first-order valence-corrected chi connectivity index (χ1v) is 8.53. The van der Waals surface area contributed by atoms with Crippen molar-refractivity contribution in [3.63, 3.8) is 0 Å². The Morgan fingerprint density at radius 2 is 2.00 bits per heavy atom. The lowest BCUT2D eigenvalue weighted by Gasteiger charge is -2.11. The van der Waals surface area contributed by atoms with Crippen LogP contribution in [0.2, 0.25) is 0 Å². The number of halogens is 1. The smallest absolute Gasteiger partial charge is 0.343 e. The van der Waals surface area contributed by atoms with E-state index in [9.17, 15) is 4.79 Å². The zero-order valence-corrected chi connectivity index (χ0v) is 15.7. The van der Waals surface area contributed by atoms with Crippen LogP contribution in [0, 0.1) is 0 Å². The van der Waals surface area contributed by atoms with Gasteiger partial charge in [-0.15, -0.1) is 0 Å². The number of nitrogens with zero attached hydrogens (tertiary/aromatic N) is 4. The summed E-state index contributed by atoms with van der Waals surface area (Å²) in [6, 6.07) is 9.51. The van der Waals surface area contributed by atoms with Gasteiger partial charge in [-0.25, -0.2) is 14.5 Å². The molecule has 2 heterocycles. The maximum Gasteiger partial charge on any atom is 0.343 e. The Morgan fingerprint density at radius 1 is 1.28 bits per heavy atom. The second-order valence-electron chi connectivity index (χ2n) is 6.53. The third-order valence-electron chi connectivity index (χ3n) is 3.47. The van der Waals surface area contributed by atoms with Crippen LogP contribution < -0.4 is 0 Å². The number of hydrogen-bond acceptors (Lipinski definition) is 5. The number of aromatic amines is 1. The highest BCUT2D eigenvalue weighted by molar-refractivity contribution is 9.10. The SMILES string of the molecule is CC(C)(C)c1n[nH]c(COC(=O)c2cnn(-c3ccccc3)c2Br)n1. The fraction of sp³-hybridized carbons (Fsp3) is 0.294. The van der Waals surface area contributed by atoms with E-state index in [1.807, 2.05) is 51.1 Å². The molecule has 0 aliphatic carbocycles. The summed E-state index contributed by atoms with van der Waals surface area (Å²) in [7, 11) is 0. The van der Waals surface area contributed by atoms with E-state index in [0.29, 0.717) is 21.8 Å². The van der Waals surface area contributed by atoms with E-state index >= 15 is 0 Å². The summed E-state index contributed by atoms with van der Waals surface area (Å²) >= 11 is 3.41. The van der Waals surface area contributed by atoms with Gasteiger partial charge in [0.15, 0.2) is 18.3 Å². The highest BCUT2D eigenvalue weighted by atomic mass is 79.9. The minimum atomic E-state index is -0.484. The van der Waals surface area contributed by atoms with Crippen molar-refractivity contribution >= 4 is 21.9 Å². The van der Waals surface area contributed by atoms with E-state index in [0.717, 1.165) is 5.69 Å². The molecule has 0 spiro atoms. The second-order valence-corrected chi connectivity index (χ2v) is 7.28. The van der Waals surface area contributed by atoms with E-state index < -0.39 is 5.97 Å². The standard InChI is InChI=1S/C17H18BrN5O2/c1-17(2,3)16-20-13(21-22-16)10-25-15(24)12-9-19-23(14(12)18)11-7-5-4-6-8-11/h4-9H,10H2,1-3H3,(H,20,21,22). The van der Waals surface area contributed by atoms with Gasteiger partial charge in [0, 0.05) is 5.41 Å². The van der Waals surface area contributed by atoms with Gasteiger partial charge in [-0.05, 0) is 28.1 Å². The van der Waals surface area contributed by atoms with Crippen molar-refractivity contribution in [2.45, 2.75) is 32.8 Å². The van der Waals surface area contributed by atoms with Crippen molar-refractivity contribution < 1.29 is 9.53 Å². The van der Waals surface area contributed by atoms with Crippen molar-refractivity contribution in [3.8, 4) is 5.69 Å². The van der Waals surface area contributed by atoms with Crippen LogP contribution in [0.15, 0.2) is 41.1 Å². The second kappa shape index (κ2) is 6.79. The Bertz CT molecular complexity index is 880. The van der Waals surface area contributed by atoms with Crippen LogP contribution in [-0.4, -0.2) is 30.9 Å². The molecule has 0 amide bonds. The third-order valence-corrected chi connectivity index (χ3v) is 4.24. The number of nitrogens with one attached hydrogen (secondary N) is 1. The molecule has 0 bridgehead atoms. The monoisotopic (exact) mass is 403 g/mol. The molecule has 0 saturated carbocycles. The minimum absolute atomic E-state index is 0.0187. The predicted molar refractivity (Wildman–Crippen MR) is 95.5 cm³/mol. The topological polar surface area (TPSA) is 85.7 Å². The first-order chi connectivity index (χ1) is 11.9. The number of benzene rings is 1.